The third-order valence-corrected chi connectivity index (χ3v) is 5.31. The summed E-state index contributed by atoms with van der Waals surface area (Å²) in [6.45, 7) is 0. The minimum Gasteiger partial charge on any atom is -0.480 e. The van der Waals surface area contributed by atoms with E-state index in [1.165, 1.54) is 16.7 Å². The molecule has 1 fully saturated rings. The maximum absolute atomic E-state index is 12.5. The van der Waals surface area contributed by atoms with Gasteiger partial charge in [0.05, 0.1) is 21.8 Å². The minimum absolute atomic E-state index is 0.325. The second-order valence-corrected chi connectivity index (χ2v) is 7.00. The van der Waals surface area contributed by atoms with Gasteiger partial charge in [-0.2, -0.15) is 0 Å². The number of thioether (sulfide) groups is 1. The zero-order valence-corrected chi connectivity index (χ0v) is 14.3. The van der Waals surface area contributed by atoms with Crippen LogP contribution in [0.25, 0.3) is 6.08 Å². The van der Waals surface area contributed by atoms with Crippen LogP contribution in [0.3, 0.4) is 0 Å². The van der Waals surface area contributed by atoms with Gasteiger partial charge in [-0.05, 0) is 35.9 Å². The van der Waals surface area contributed by atoms with E-state index in [1.807, 2.05) is 6.08 Å². The first-order valence-corrected chi connectivity index (χ1v) is 8.95. The molecule has 0 bridgehead atoms. The molecule has 1 saturated heterocycles. The lowest BCUT2D eigenvalue weighted by molar-refractivity contribution is -0.138. The van der Waals surface area contributed by atoms with Gasteiger partial charge in [-0.15, -0.1) is 11.8 Å². The summed E-state index contributed by atoms with van der Waals surface area (Å²) in [7, 11) is 0. The highest BCUT2D eigenvalue weighted by atomic mass is 32.2. The summed E-state index contributed by atoms with van der Waals surface area (Å²) in [5, 5.41) is 12.7. The maximum Gasteiger partial charge on any atom is 0.327 e. The summed E-state index contributed by atoms with van der Waals surface area (Å²) in [6.07, 6.45) is 1.85. The number of carboxylic acids is 1. The molecule has 2 aromatic rings. The second kappa shape index (κ2) is 6.34. The van der Waals surface area contributed by atoms with Crippen molar-refractivity contribution in [1.82, 2.24) is 5.32 Å². The predicted molar refractivity (Wildman–Crippen MR) is 99.0 cm³/mol. The highest BCUT2D eigenvalue weighted by Crippen LogP contribution is 2.29. The van der Waals surface area contributed by atoms with E-state index in [9.17, 15) is 14.4 Å². The number of nitrogens with one attached hydrogen (secondary N) is 1. The molecule has 0 saturated carbocycles. The van der Waals surface area contributed by atoms with Crippen molar-refractivity contribution in [3.63, 3.8) is 0 Å². The highest BCUT2D eigenvalue weighted by Gasteiger charge is 2.36. The number of hydrogen-bond acceptors (Lipinski definition) is 5. The summed E-state index contributed by atoms with van der Waals surface area (Å²) in [5.41, 5.74) is 2.19. The SMILES string of the molecule is O=C(O)[C@@H]1CS/C(=C/c2ccc(N3C(=O)c4ccccc4C3=O)cc2)N1. The van der Waals surface area contributed by atoms with Gasteiger partial charge in [-0.25, -0.2) is 9.69 Å². The van der Waals surface area contributed by atoms with Crippen molar-refractivity contribution in [2.75, 3.05) is 10.7 Å². The molecule has 0 aromatic heterocycles. The molecular weight excluding hydrogens is 352 g/mol. The van der Waals surface area contributed by atoms with Crippen molar-refractivity contribution in [2.45, 2.75) is 6.04 Å². The number of rotatable bonds is 3. The van der Waals surface area contributed by atoms with Crippen LogP contribution in [0, 0.1) is 0 Å². The number of benzene rings is 2. The van der Waals surface area contributed by atoms with Gasteiger partial charge in [-0.1, -0.05) is 24.3 Å². The van der Waals surface area contributed by atoms with Crippen LogP contribution in [0.2, 0.25) is 0 Å². The summed E-state index contributed by atoms with van der Waals surface area (Å²) >= 11 is 1.45. The maximum atomic E-state index is 12.5. The Labute approximate surface area is 153 Å². The van der Waals surface area contributed by atoms with Crippen LogP contribution in [-0.4, -0.2) is 34.7 Å². The van der Waals surface area contributed by atoms with Crippen molar-refractivity contribution in [1.29, 1.82) is 0 Å². The molecule has 130 valence electrons. The molecule has 0 unspecified atom stereocenters. The molecule has 6 nitrogen and oxygen atoms in total. The number of carbonyl (C=O) groups excluding carboxylic acids is 2. The zero-order chi connectivity index (χ0) is 18.3. The first-order valence-electron chi connectivity index (χ1n) is 7.96. The molecule has 2 aliphatic rings. The Morgan fingerprint density at radius 2 is 1.69 bits per heavy atom. The lowest BCUT2D eigenvalue weighted by Crippen LogP contribution is -2.31. The number of amides is 2. The Balaban J connectivity index is 1.55. The molecular formula is C19H14N2O4S. The number of fused-ring (bicyclic) bond motifs is 1. The van der Waals surface area contributed by atoms with Gasteiger partial charge in [0.15, 0.2) is 0 Å². The number of hydrogen-bond donors (Lipinski definition) is 2. The van der Waals surface area contributed by atoms with Gasteiger partial charge in [0.2, 0.25) is 0 Å². The number of carboxylic acid groups (broad SMARTS) is 1. The molecule has 2 aromatic carbocycles. The van der Waals surface area contributed by atoms with Gasteiger partial charge >= 0.3 is 5.97 Å². The summed E-state index contributed by atoms with van der Waals surface area (Å²) < 4.78 is 0. The molecule has 7 heteroatoms. The van der Waals surface area contributed by atoms with E-state index in [0.717, 1.165) is 10.6 Å². The van der Waals surface area contributed by atoms with E-state index in [2.05, 4.69) is 5.32 Å². The van der Waals surface area contributed by atoms with Crippen LogP contribution in [-0.2, 0) is 4.79 Å². The first-order chi connectivity index (χ1) is 12.5. The molecule has 0 aliphatic carbocycles. The number of carbonyl (C=O) groups is 3. The molecule has 0 spiro atoms. The fourth-order valence-corrected chi connectivity index (χ4v) is 3.96. The third kappa shape index (κ3) is 2.76. The van der Waals surface area contributed by atoms with E-state index in [-0.39, 0.29) is 11.8 Å². The smallest absolute Gasteiger partial charge is 0.327 e. The van der Waals surface area contributed by atoms with Gasteiger partial charge in [0.25, 0.3) is 11.8 Å². The predicted octanol–water partition coefficient (Wildman–Crippen LogP) is 2.58. The lowest BCUT2D eigenvalue weighted by Gasteiger charge is -2.14. The molecule has 0 radical (unpaired) electrons. The Kier molecular flexibility index (Phi) is 4.00. The van der Waals surface area contributed by atoms with Crippen LogP contribution < -0.4 is 10.2 Å². The Morgan fingerprint density at radius 3 is 2.23 bits per heavy atom. The molecule has 26 heavy (non-hydrogen) atoms. The average Bonchev–Trinajstić information content (AvgIpc) is 3.20. The lowest BCUT2D eigenvalue weighted by atomic mass is 10.1. The Hall–Kier alpha value is -3.06. The Bertz CT molecular complexity index is 917. The summed E-state index contributed by atoms with van der Waals surface area (Å²) in [4.78, 5) is 37.1. The van der Waals surface area contributed by atoms with Crippen molar-refractivity contribution in [3.8, 4) is 0 Å². The molecule has 2 N–H and O–H groups in total. The highest BCUT2D eigenvalue weighted by molar-refractivity contribution is 8.03. The third-order valence-electron chi connectivity index (χ3n) is 4.26. The van der Waals surface area contributed by atoms with Crippen molar-refractivity contribution < 1.29 is 19.5 Å². The molecule has 2 amide bonds. The van der Waals surface area contributed by atoms with Crippen molar-refractivity contribution in [2.24, 2.45) is 0 Å². The van der Waals surface area contributed by atoms with Gasteiger partial charge in [0, 0.05) is 5.75 Å². The van der Waals surface area contributed by atoms with Gasteiger partial charge in [0.1, 0.15) is 6.04 Å². The molecule has 4 rings (SSSR count). The summed E-state index contributed by atoms with van der Waals surface area (Å²) in [5.74, 6) is -1.04. The quantitative estimate of drug-likeness (QED) is 0.812. The summed E-state index contributed by atoms with van der Waals surface area (Å²) in [6, 6.07) is 13.2. The van der Waals surface area contributed by atoms with Crippen LogP contribution in [0.5, 0.6) is 0 Å². The van der Waals surface area contributed by atoms with Crippen molar-refractivity contribution in [3.05, 3.63) is 70.3 Å². The van der Waals surface area contributed by atoms with Gasteiger partial charge < -0.3 is 10.4 Å². The number of nitrogens with zero attached hydrogens (tertiary/aromatic N) is 1. The van der Waals surface area contributed by atoms with E-state index in [0.29, 0.717) is 22.6 Å². The monoisotopic (exact) mass is 366 g/mol. The van der Waals surface area contributed by atoms with E-state index < -0.39 is 12.0 Å². The fraction of sp³-hybridized carbons (Fsp3) is 0.105. The first kappa shape index (κ1) is 16.4. The molecule has 1 atom stereocenters. The van der Waals surface area contributed by atoms with Crippen LogP contribution in [0.15, 0.2) is 53.6 Å². The number of anilines is 1. The van der Waals surface area contributed by atoms with E-state index in [4.69, 9.17) is 5.11 Å². The second-order valence-electron chi connectivity index (χ2n) is 5.94. The normalized spacial score (nSPS) is 20.4. The van der Waals surface area contributed by atoms with E-state index in [1.54, 1.807) is 48.5 Å². The minimum atomic E-state index is -0.873. The van der Waals surface area contributed by atoms with Crippen LogP contribution in [0.1, 0.15) is 26.3 Å². The standard InChI is InChI=1S/C19H14N2O4S/c22-17-13-3-1-2-4-14(13)18(23)21(17)12-7-5-11(6-8-12)9-16-20-15(10-26-16)19(24)25/h1-9,15,20H,10H2,(H,24,25)/b16-9+/t15-/m0/s1. The van der Waals surface area contributed by atoms with E-state index >= 15 is 0 Å². The number of aliphatic carboxylic acids is 1. The zero-order valence-electron chi connectivity index (χ0n) is 13.5. The van der Waals surface area contributed by atoms with Crippen LogP contribution in [0.4, 0.5) is 5.69 Å². The number of imide groups is 1. The largest absolute Gasteiger partial charge is 0.480 e. The molecule has 2 heterocycles. The van der Waals surface area contributed by atoms with Crippen LogP contribution >= 0.6 is 11.8 Å². The fourth-order valence-electron chi connectivity index (χ4n) is 2.94. The topological polar surface area (TPSA) is 86.7 Å². The van der Waals surface area contributed by atoms with Crippen molar-refractivity contribution >= 4 is 41.3 Å². The Morgan fingerprint density at radius 1 is 1.08 bits per heavy atom. The van der Waals surface area contributed by atoms with Gasteiger partial charge in [-0.3, -0.25) is 9.59 Å². The molecule has 2 aliphatic heterocycles. The average molecular weight is 366 g/mol.